The average molecular weight is 206 g/mol. The van der Waals surface area contributed by atoms with Crippen LogP contribution in [0.2, 0.25) is 0 Å². The van der Waals surface area contributed by atoms with Gasteiger partial charge in [-0.1, -0.05) is 13.3 Å². The molecule has 0 radical (unpaired) electrons. The van der Waals surface area contributed by atoms with Gasteiger partial charge >= 0.3 is 0 Å². The Bertz CT molecular complexity index is 355. The van der Waals surface area contributed by atoms with Crippen LogP contribution < -0.4 is 0 Å². The lowest BCUT2D eigenvalue weighted by molar-refractivity contribution is 0.0978. The van der Waals surface area contributed by atoms with Crippen LogP contribution in [0.3, 0.4) is 0 Å². The Kier molecular flexibility index (Phi) is 3.19. The molecule has 0 atom stereocenters. The van der Waals surface area contributed by atoms with Crippen LogP contribution in [0.4, 0.5) is 0 Å². The average Bonchev–Trinajstić information content (AvgIpc) is 2.69. The van der Waals surface area contributed by atoms with Gasteiger partial charge in [0.1, 0.15) is 0 Å². The molecule has 2 heterocycles. The number of carbonyl (C=O) groups excluding carboxylic acids is 1. The molecule has 3 nitrogen and oxygen atoms in total. The number of carbonyl (C=O) groups is 1. The molecule has 0 N–H and O–H groups in total. The van der Waals surface area contributed by atoms with Crippen molar-refractivity contribution < 1.29 is 4.79 Å². The van der Waals surface area contributed by atoms with Crippen molar-refractivity contribution in [1.82, 2.24) is 9.78 Å². The third-order valence-corrected chi connectivity index (χ3v) is 3.04. The number of hydrogen-bond acceptors (Lipinski definition) is 2. The van der Waals surface area contributed by atoms with Crippen molar-refractivity contribution in [3.05, 3.63) is 17.5 Å². The maximum atomic E-state index is 11.9. The minimum absolute atomic E-state index is 0.278. The van der Waals surface area contributed by atoms with E-state index in [2.05, 4.69) is 12.0 Å². The maximum Gasteiger partial charge on any atom is 0.166 e. The van der Waals surface area contributed by atoms with Crippen molar-refractivity contribution in [3.8, 4) is 0 Å². The van der Waals surface area contributed by atoms with E-state index in [4.69, 9.17) is 0 Å². The molecular formula is C12H18N2O. The van der Waals surface area contributed by atoms with Gasteiger partial charge in [0.05, 0.1) is 11.8 Å². The molecule has 1 aromatic rings. The highest BCUT2D eigenvalue weighted by Gasteiger charge is 2.18. The lowest BCUT2D eigenvalue weighted by Crippen LogP contribution is -2.13. The molecule has 0 amide bonds. The first-order chi connectivity index (χ1) is 7.33. The lowest BCUT2D eigenvalue weighted by Gasteiger charge is -2.14. The summed E-state index contributed by atoms with van der Waals surface area (Å²) in [4.78, 5) is 11.9. The minimum Gasteiger partial charge on any atom is -0.294 e. The second-order valence-electron chi connectivity index (χ2n) is 4.21. The molecule has 1 aliphatic heterocycles. The molecule has 2 rings (SSSR count). The van der Waals surface area contributed by atoms with Gasteiger partial charge in [-0.2, -0.15) is 5.10 Å². The number of rotatable bonds is 4. The van der Waals surface area contributed by atoms with Crippen LogP contribution in [-0.2, 0) is 13.0 Å². The van der Waals surface area contributed by atoms with Crippen LogP contribution in [-0.4, -0.2) is 15.6 Å². The van der Waals surface area contributed by atoms with Crippen LogP contribution in [0.1, 0.15) is 55.1 Å². The summed E-state index contributed by atoms with van der Waals surface area (Å²) < 4.78 is 2.00. The highest BCUT2D eigenvalue weighted by atomic mass is 16.1. The van der Waals surface area contributed by atoms with Gasteiger partial charge in [0.2, 0.25) is 0 Å². The van der Waals surface area contributed by atoms with Gasteiger partial charge in [-0.25, -0.2) is 0 Å². The molecule has 0 saturated carbocycles. The summed E-state index contributed by atoms with van der Waals surface area (Å²) in [6, 6.07) is 0. The van der Waals surface area contributed by atoms with Gasteiger partial charge in [-0.15, -0.1) is 0 Å². The Morgan fingerprint density at radius 3 is 3.20 bits per heavy atom. The van der Waals surface area contributed by atoms with E-state index in [1.165, 1.54) is 18.5 Å². The number of unbranched alkanes of at least 4 members (excludes halogenated alkanes) is 1. The molecule has 0 unspecified atom stereocenters. The van der Waals surface area contributed by atoms with E-state index >= 15 is 0 Å². The number of Topliss-reactive ketones (excluding diaryl/α,β-unsaturated/α-hetero) is 1. The molecule has 0 aromatic carbocycles. The van der Waals surface area contributed by atoms with Crippen molar-refractivity contribution in [1.29, 1.82) is 0 Å². The van der Waals surface area contributed by atoms with Crippen LogP contribution >= 0.6 is 0 Å². The molecule has 1 aliphatic rings. The quantitative estimate of drug-likeness (QED) is 0.710. The van der Waals surface area contributed by atoms with Crippen molar-refractivity contribution in [2.75, 3.05) is 0 Å². The summed E-state index contributed by atoms with van der Waals surface area (Å²) in [5, 5.41) is 4.28. The fourth-order valence-corrected chi connectivity index (χ4v) is 2.13. The Labute approximate surface area is 90.5 Å². The van der Waals surface area contributed by atoms with Gasteiger partial charge in [-0.05, 0) is 25.7 Å². The van der Waals surface area contributed by atoms with E-state index in [0.717, 1.165) is 31.4 Å². The van der Waals surface area contributed by atoms with Gasteiger partial charge in [-0.3, -0.25) is 9.48 Å². The molecule has 0 saturated heterocycles. The number of fused-ring (bicyclic) bond motifs is 1. The monoisotopic (exact) mass is 206 g/mol. The molecule has 0 bridgehead atoms. The molecule has 3 heteroatoms. The summed E-state index contributed by atoms with van der Waals surface area (Å²) in [5.74, 6) is 0.278. The number of ketones is 1. The van der Waals surface area contributed by atoms with Crippen molar-refractivity contribution in [2.45, 2.75) is 52.0 Å². The third-order valence-electron chi connectivity index (χ3n) is 3.04. The second-order valence-corrected chi connectivity index (χ2v) is 4.21. The normalized spacial score (nSPS) is 15.0. The van der Waals surface area contributed by atoms with E-state index < -0.39 is 0 Å². The van der Waals surface area contributed by atoms with Crippen LogP contribution in [0, 0.1) is 0 Å². The van der Waals surface area contributed by atoms with E-state index in [-0.39, 0.29) is 5.78 Å². The standard InChI is InChI=1S/C12H18N2O/c1-2-3-7-12(15)10-9-13-14-8-5-4-6-11(10)14/h9H,2-8H2,1H3. The summed E-state index contributed by atoms with van der Waals surface area (Å²) in [6.45, 7) is 3.09. The van der Waals surface area contributed by atoms with Gasteiger partial charge in [0.15, 0.2) is 5.78 Å². The van der Waals surface area contributed by atoms with Crippen molar-refractivity contribution >= 4 is 5.78 Å². The molecule has 0 aliphatic carbocycles. The predicted molar refractivity (Wildman–Crippen MR) is 59.0 cm³/mol. The lowest BCUT2D eigenvalue weighted by atomic mass is 10.0. The molecule has 0 fully saturated rings. The van der Waals surface area contributed by atoms with E-state index in [9.17, 15) is 4.79 Å². The summed E-state index contributed by atoms with van der Waals surface area (Å²) in [7, 11) is 0. The zero-order chi connectivity index (χ0) is 10.7. The Morgan fingerprint density at radius 1 is 1.53 bits per heavy atom. The fraction of sp³-hybridized carbons (Fsp3) is 0.667. The first-order valence-corrected chi connectivity index (χ1v) is 5.91. The smallest absolute Gasteiger partial charge is 0.166 e. The van der Waals surface area contributed by atoms with E-state index in [1.54, 1.807) is 6.20 Å². The zero-order valence-corrected chi connectivity index (χ0v) is 9.33. The van der Waals surface area contributed by atoms with Gasteiger partial charge in [0, 0.05) is 18.7 Å². The first-order valence-electron chi connectivity index (χ1n) is 5.91. The van der Waals surface area contributed by atoms with Crippen LogP contribution in [0.15, 0.2) is 6.20 Å². The molecule has 82 valence electrons. The number of aromatic nitrogens is 2. The Balaban J connectivity index is 2.14. The van der Waals surface area contributed by atoms with Crippen molar-refractivity contribution in [2.24, 2.45) is 0 Å². The number of aryl methyl sites for hydroxylation is 1. The van der Waals surface area contributed by atoms with E-state index in [0.29, 0.717) is 6.42 Å². The fourth-order valence-electron chi connectivity index (χ4n) is 2.13. The topological polar surface area (TPSA) is 34.9 Å². The molecular weight excluding hydrogens is 188 g/mol. The summed E-state index contributed by atoms with van der Waals surface area (Å²) in [5.41, 5.74) is 2.05. The predicted octanol–water partition coefficient (Wildman–Crippen LogP) is 2.59. The molecule has 15 heavy (non-hydrogen) atoms. The van der Waals surface area contributed by atoms with Crippen LogP contribution in [0.5, 0.6) is 0 Å². The number of nitrogens with zero attached hydrogens (tertiary/aromatic N) is 2. The second kappa shape index (κ2) is 4.60. The highest BCUT2D eigenvalue weighted by Crippen LogP contribution is 2.19. The largest absolute Gasteiger partial charge is 0.294 e. The zero-order valence-electron chi connectivity index (χ0n) is 9.33. The SMILES string of the molecule is CCCCC(=O)c1cnn2c1CCCC2. The number of hydrogen-bond donors (Lipinski definition) is 0. The summed E-state index contributed by atoms with van der Waals surface area (Å²) in [6.07, 6.45) is 7.91. The Hall–Kier alpha value is -1.12. The van der Waals surface area contributed by atoms with Gasteiger partial charge in [0.25, 0.3) is 0 Å². The minimum atomic E-state index is 0.278. The molecule has 0 spiro atoms. The van der Waals surface area contributed by atoms with E-state index in [1.807, 2.05) is 4.68 Å². The van der Waals surface area contributed by atoms with Crippen molar-refractivity contribution in [3.63, 3.8) is 0 Å². The molecule has 1 aromatic heterocycles. The summed E-state index contributed by atoms with van der Waals surface area (Å²) >= 11 is 0. The first kappa shape index (κ1) is 10.4. The van der Waals surface area contributed by atoms with Gasteiger partial charge < -0.3 is 0 Å². The third kappa shape index (κ3) is 2.11. The highest BCUT2D eigenvalue weighted by molar-refractivity contribution is 5.96. The maximum absolute atomic E-state index is 11.9. The Morgan fingerprint density at radius 2 is 2.40 bits per heavy atom. The van der Waals surface area contributed by atoms with Crippen LogP contribution in [0.25, 0.3) is 0 Å².